The van der Waals surface area contributed by atoms with Crippen LogP contribution in [-0.2, 0) is 20.2 Å². The van der Waals surface area contributed by atoms with Crippen molar-refractivity contribution in [2.24, 2.45) is 10.2 Å². The fourth-order valence-electron chi connectivity index (χ4n) is 3.20. The third kappa shape index (κ3) is 4.62. The predicted molar refractivity (Wildman–Crippen MR) is 120 cm³/mol. The van der Waals surface area contributed by atoms with Gasteiger partial charge < -0.3 is 10.8 Å². The number of phenolic OH excluding ortho intramolecular Hbond substituents is 1. The largest absolute Gasteiger partial charge is 0.505 e. The molecule has 10 nitrogen and oxygen atoms in total. The van der Waals surface area contributed by atoms with Crippen molar-refractivity contribution in [3.8, 4) is 5.75 Å². The summed E-state index contributed by atoms with van der Waals surface area (Å²) in [7, 11) is -9.42. The number of nitrogen functional groups attached to an aromatic ring is 1. The summed E-state index contributed by atoms with van der Waals surface area (Å²) in [6.07, 6.45) is 3.03. The van der Waals surface area contributed by atoms with Crippen molar-refractivity contribution in [2.45, 2.75) is 23.6 Å². The van der Waals surface area contributed by atoms with E-state index in [1.54, 1.807) is 32.1 Å². The second-order valence-corrected chi connectivity index (χ2v) is 9.68. The lowest BCUT2D eigenvalue weighted by atomic mass is 10.0. The lowest BCUT2D eigenvalue weighted by Crippen LogP contribution is -2.00. The number of rotatable bonds is 5. The van der Waals surface area contributed by atoms with E-state index in [1.807, 2.05) is 0 Å². The standard InChI is InChI=1S/C20H19N3O7S2/c1-3-4-12-5-6-14(10-16(12)31(25,26)27)22-23-19-17(32(28,29)30)9-13-7-11(2)8-15(21)18(13)20(19)24/h3-10,24H,21H2,1-2H3,(H,25,26,27)(H,28,29,30)/b4-3+,23-22?. The Morgan fingerprint density at radius 3 is 2.19 bits per heavy atom. The Labute approximate surface area is 184 Å². The van der Waals surface area contributed by atoms with Gasteiger partial charge in [0.15, 0.2) is 5.75 Å². The van der Waals surface area contributed by atoms with E-state index < -0.39 is 41.5 Å². The summed E-state index contributed by atoms with van der Waals surface area (Å²) in [6, 6.07) is 7.99. The van der Waals surface area contributed by atoms with E-state index in [-0.39, 0.29) is 27.7 Å². The minimum atomic E-state index is -4.82. The zero-order valence-electron chi connectivity index (χ0n) is 16.9. The van der Waals surface area contributed by atoms with Gasteiger partial charge in [0.05, 0.1) is 5.69 Å². The molecule has 0 spiro atoms. The average molecular weight is 478 g/mol. The van der Waals surface area contributed by atoms with Gasteiger partial charge in [-0.25, -0.2) is 0 Å². The average Bonchev–Trinajstić information content (AvgIpc) is 2.66. The summed E-state index contributed by atoms with van der Waals surface area (Å²) < 4.78 is 66.3. The number of phenols is 1. The molecule has 0 fully saturated rings. The first kappa shape index (κ1) is 23.3. The lowest BCUT2D eigenvalue weighted by Gasteiger charge is -2.11. The van der Waals surface area contributed by atoms with Crippen LogP contribution in [0.4, 0.5) is 17.1 Å². The minimum Gasteiger partial charge on any atom is -0.505 e. The first-order valence-electron chi connectivity index (χ1n) is 9.02. The highest BCUT2D eigenvalue weighted by Gasteiger charge is 2.23. The Hall–Kier alpha value is -3.32. The molecule has 0 amide bonds. The molecule has 0 aliphatic carbocycles. The van der Waals surface area contributed by atoms with Crippen LogP contribution in [0.3, 0.4) is 0 Å². The highest BCUT2D eigenvalue weighted by molar-refractivity contribution is 7.86. The number of hydrogen-bond acceptors (Lipinski definition) is 8. The number of fused-ring (bicyclic) bond motifs is 1. The third-order valence-corrected chi connectivity index (χ3v) is 6.27. The van der Waals surface area contributed by atoms with Crippen LogP contribution in [0.25, 0.3) is 16.8 Å². The van der Waals surface area contributed by atoms with E-state index in [4.69, 9.17) is 5.73 Å². The summed E-state index contributed by atoms with van der Waals surface area (Å²) in [5.41, 5.74) is 6.36. The quantitative estimate of drug-likeness (QED) is 0.237. The van der Waals surface area contributed by atoms with Crippen molar-refractivity contribution in [1.82, 2.24) is 0 Å². The van der Waals surface area contributed by atoms with Crippen LogP contribution >= 0.6 is 0 Å². The van der Waals surface area contributed by atoms with E-state index in [1.165, 1.54) is 18.2 Å². The molecule has 0 atom stereocenters. The highest BCUT2D eigenvalue weighted by Crippen LogP contribution is 2.44. The molecular weight excluding hydrogens is 458 g/mol. The van der Waals surface area contributed by atoms with Crippen molar-refractivity contribution in [1.29, 1.82) is 0 Å². The van der Waals surface area contributed by atoms with Gasteiger partial charge in [0.25, 0.3) is 20.2 Å². The van der Waals surface area contributed by atoms with Crippen molar-refractivity contribution in [3.05, 3.63) is 53.6 Å². The van der Waals surface area contributed by atoms with E-state index in [0.29, 0.717) is 5.56 Å². The molecule has 0 saturated carbocycles. The van der Waals surface area contributed by atoms with E-state index in [2.05, 4.69) is 10.2 Å². The third-order valence-electron chi connectivity index (χ3n) is 4.49. The maximum absolute atomic E-state index is 11.9. The van der Waals surface area contributed by atoms with Crippen molar-refractivity contribution in [3.63, 3.8) is 0 Å². The molecule has 0 radical (unpaired) electrons. The summed E-state index contributed by atoms with van der Waals surface area (Å²) in [5, 5.41) is 18.6. The summed E-state index contributed by atoms with van der Waals surface area (Å²) in [6.45, 7) is 3.38. The Morgan fingerprint density at radius 2 is 1.59 bits per heavy atom. The Balaban J connectivity index is 2.26. The number of anilines is 1. The molecular formula is C20H19N3O7S2. The molecule has 0 aliphatic heterocycles. The topological polar surface area (TPSA) is 180 Å². The molecule has 0 aliphatic rings. The SMILES string of the molecule is C/C=C/c1ccc(N=Nc2c(S(=O)(=O)O)cc3cc(C)cc(N)c3c2O)cc1S(=O)(=O)O. The van der Waals surface area contributed by atoms with Crippen LogP contribution in [0.5, 0.6) is 5.75 Å². The van der Waals surface area contributed by atoms with Gasteiger partial charge in [-0.2, -0.15) is 21.9 Å². The first-order chi connectivity index (χ1) is 14.8. The molecule has 0 aromatic heterocycles. The molecule has 0 bridgehead atoms. The molecule has 0 saturated heterocycles. The zero-order chi connectivity index (χ0) is 23.8. The fraction of sp³-hybridized carbons (Fsp3) is 0.100. The van der Waals surface area contributed by atoms with Gasteiger partial charge in [-0.05, 0) is 54.6 Å². The van der Waals surface area contributed by atoms with Crippen molar-refractivity contribution in [2.75, 3.05) is 5.73 Å². The second-order valence-electron chi connectivity index (χ2n) is 6.90. The molecule has 0 unspecified atom stereocenters. The summed E-state index contributed by atoms with van der Waals surface area (Å²) in [4.78, 5) is -1.15. The number of aryl methyl sites for hydroxylation is 1. The van der Waals surface area contributed by atoms with Gasteiger partial charge in [0.2, 0.25) is 0 Å². The molecule has 5 N–H and O–H groups in total. The van der Waals surface area contributed by atoms with E-state index in [9.17, 15) is 31.0 Å². The van der Waals surface area contributed by atoms with Crippen molar-refractivity contribution >= 4 is 54.1 Å². The van der Waals surface area contributed by atoms with Crippen LogP contribution in [-0.4, -0.2) is 31.0 Å². The van der Waals surface area contributed by atoms with Gasteiger partial charge >= 0.3 is 0 Å². The number of benzene rings is 3. The number of nitrogens with zero attached hydrogens (tertiary/aromatic N) is 2. The van der Waals surface area contributed by atoms with Gasteiger partial charge in [-0.15, -0.1) is 5.11 Å². The van der Waals surface area contributed by atoms with Crippen LogP contribution < -0.4 is 5.73 Å². The molecule has 3 aromatic rings. The highest BCUT2D eigenvalue weighted by atomic mass is 32.2. The van der Waals surface area contributed by atoms with Crippen LogP contribution in [0.1, 0.15) is 18.1 Å². The molecule has 3 rings (SSSR count). The van der Waals surface area contributed by atoms with Gasteiger partial charge in [0, 0.05) is 11.1 Å². The van der Waals surface area contributed by atoms with E-state index in [0.717, 1.165) is 12.1 Å². The molecule has 0 heterocycles. The Morgan fingerprint density at radius 1 is 0.938 bits per heavy atom. The molecule has 32 heavy (non-hydrogen) atoms. The number of allylic oxidation sites excluding steroid dienone is 1. The monoisotopic (exact) mass is 477 g/mol. The molecule has 168 valence electrons. The minimum absolute atomic E-state index is 0.0662. The maximum atomic E-state index is 11.9. The number of hydrogen-bond donors (Lipinski definition) is 4. The Kier molecular flexibility index (Phi) is 6.07. The van der Waals surface area contributed by atoms with Crippen LogP contribution in [0, 0.1) is 6.92 Å². The summed E-state index contributed by atoms with van der Waals surface area (Å²) >= 11 is 0. The molecule has 3 aromatic carbocycles. The van der Waals surface area contributed by atoms with Crippen LogP contribution in [0.15, 0.2) is 62.5 Å². The van der Waals surface area contributed by atoms with Gasteiger partial charge in [0.1, 0.15) is 15.5 Å². The second kappa shape index (κ2) is 8.31. The lowest BCUT2D eigenvalue weighted by molar-refractivity contribution is 0.472. The fourth-order valence-corrected chi connectivity index (χ4v) is 4.56. The normalized spacial score (nSPS) is 12.9. The predicted octanol–water partition coefficient (Wildman–Crippen LogP) is 4.38. The first-order valence-corrected chi connectivity index (χ1v) is 11.9. The maximum Gasteiger partial charge on any atom is 0.296 e. The molecule has 12 heteroatoms. The van der Waals surface area contributed by atoms with Gasteiger partial charge in [-0.3, -0.25) is 9.11 Å². The number of nitrogens with two attached hydrogens (primary N) is 1. The number of aromatic hydroxyl groups is 1. The van der Waals surface area contributed by atoms with Gasteiger partial charge in [-0.1, -0.05) is 24.3 Å². The Bertz CT molecular complexity index is 1510. The number of azo groups is 1. The smallest absolute Gasteiger partial charge is 0.296 e. The van der Waals surface area contributed by atoms with Crippen LogP contribution in [0.2, 0.25) is 0 Å². The van der Waals surface area contributed by atoms with Crippen molar-refractivity contribution < 1.29 is 31.0 Å². The van der Waals surface area contributed by atoms with E-state index >= 15 is 0 Å². The zero-order valence-corrected chi connectivity index (χ0v) is 18.5. The summed E-state index contributed by atoms with van der Waals surface area (Å²) in [5.74, 6) is -0.628.